The smallest absolute Gasteiger partial charge is 0.0210 e. The second kappa shape index (κ2) is 7.22. The van der Waals surface area contributed by atoms with Crippen LogP contribution in [0.25, 0.3) is 0 Å². The molecule has 1 atom stereocenters. The fraction of sp³-hybridized carbons (Fsp3) is 0.250. The van der Waals surface area contributed by atoms with E-state index in [0.717, 1.165) is 17.4 Å². The van der Waals surface area contributed by atoms with Gasteiger partial charge in [-0.05, 0) is 42.8 Å². The molecule has 0 heterocycles. The third-order valence-electron chi connectivity index (χ3n) is 3.19. The Kier molecular flexibility index (Phi) is 5.61. The second-order valence-corrected chi connectivity index (χ2v) is 6.38. The molecule has 2 rings (SSSR count). The van der Waals surface area contributed by atoms with Crippen LogP contribution in [0.5, 0.6) is 0 Å². The summed E-state index contributed by atoms with van der Waals surface area (Å²) in [4.78, 5) is 0. The second-order valence-electron chi connectivity index (χ2n) is 4.61. The lowest BCUT2D eigenvalue weighted by Gasteiger charge is -2.18. The van der Waals surface area contributed by atoms with Gasteiger partial charge in [0.1, 0.15) is 0 Å². The molecule has 0 aliphatic carbocycles. The lowest BCUT2D eigenvalue weighted by atomic mass is 9.92. The minimum atomic E-state index is 0.474. The largest absolute Gasteiger partial charge is 0.319 e. The van der Waals surface area contributed by atoms with Gasteiger partial charge in [0.25, 0.3) is 0 Å². The van der Waals surface area contributed by atoms with Crippen LogP contribution in [-0.2, 0) is 6.42 Å². The number of hydrogen-bond acceptors (Lipinski definition) is 1. The molecule has 3 heteroatoms. The maximum atomic E-state index is 3.66. The van der Waals surface area contributed by atoms with Gasteiger partial charge in [0.05, 0.1) is 0 Å². The molecule has 1 nitrogen and oxygen atoms in total. The van der Waals surface area contributed by atoms with E-state index >= 15 is 0 Å². The Labute approximate surface area is 131 Å². The topological polar surface area (TPSA) is 12.0 Å². The maximum Gasteiger partial charge on any atom is 0.0210 e. The fourth-order valence-electron chi connectivity index (χ4n) is 2.25. The third-order valence-corrected chi connectivity index (χ3v) is 4.44. The Balaban J connectivity index is 2.21. The van der Waals surface area contributed by atoms with Gasteiger partial charge in [-0.15, -0.1) is 0 Å². The van der Waals surface area contributed by atoms with Crippen molar-refractivity contribution in [2.24, 2.45) is 0 Å². The Morgan fingerprint density at radius 3 is 2.32 bits per heavy atom. The molecule has 1 N–H and O–H groups in total. The first kappa shape index (κ1) is 14.8. The molecular weight excluding hydrogens is 366 g/mol. The van der Waals surface area contributed by atoms with E-state index in [1.165, 1.54) is 15.6 Å². The van der Waals surface area contributed by atoms with Crippen molar-refractivity contribution in [3.63, 3.8) is 0 Å². The van der Waals surface area contributed by atoms with Crippen LogP contribution in [0, 0.1) is 0 Å². The van der Waals surface area contributed by atoms with Crippen molar-refractivity contribution in [3.8, 4) is 0 Å². The van der Waals surface area contributed by atoms with Gasteiger partial charge in [-0.1, -0.05) is 62.2 Å². The van der Waals surface area contributed by atoms with Crippen LogP contribution in [0.2, 0.25) is 0 Å². The molecule has 0 amide bonds. The van der Waals surface area contributed by atoms with E-state index in [9.17, 15) is 0 Å². The van der Waals surface area contributed by atoms with Crippen LogP contribution < -0.4 is 5.32 Å². The zero-order valence-corrected chi connectivity index (χ0v) is 14.0. The Bertz CT molecular complexity index is 523. The zero-order valence-electron chi connectivity index (χ0n) is 10.9. The number of nitrogens with one attached hydrogen (secondary N) is 1. The van der Waals surface area contributed by atoms with Crippen LogP contribution in [0.3, 0.4) is 0 Å². The summed E-state index contributed by atoms with van der Waals surface area (Å²) in [5, 5.41) is 3.30. The van der Waals surface area contributed by atoms with Gasteiger partial charge >= 0.3 is 0 Å². The maximum absolute atomic E-state index is 3.66. The first-order valence-corrected chi connectivity index (χ1v) is 7.92. The minimum absolute atomic E-state index is 0.474. The molecule has 0 fully saturated rings. The normalized spacial score (nSPS) is 12.4. The lowest BCUT2D eigenvalue weighted by molar-refractivity contribution is 0.623. The molecule has 2 aromatic carbocycles. The highest BCUT2D eigenvalue weighted by Gasteiger charge is 2.14. The average Bonchev–Trinajstić information content (AvgIpc) is 2.41. The summed E-state index contributed by atoms with van der Waals surface area (Å²) in [5.41, 5.74) is 2.72. The number of likely N-dealkylation sites (N-methyl/N-ethyl adjacent to an activating group) is 1. The summed E-state index contributed by atoms with van der Waals surface area (Å²) in [6.45, 7) is 0.971. The van der Waals surface area contributed by atoms with Gasteiger partial charge < -0.3 is 5.32 Å². The predicted octanol–water partition coefficient (Wildman–Crippen LogP) is 4.76. The summed E-state index contributed by atoms with van der Waals surface area (Å²) < 4.78 is 2.31. The number of halogens is 2. The quantitative estimate of drug-likeness (QED) is 0.786. The van der Waals surface area contributed by atoms with Crippen LogP contribution >= 0.6 is 31.9 Å². The molecule has 0 aliphatic rings. The summed E-state index contributed by atoms with van der Waals surface area (Å²) in [6, 6.07) is 17.0. The van der Waals surface area contributed by atoms with Crippen LogP contribution in [0.15, 0.2) is 57.5 Å². The van der Waals surface area contributed by atoms with Gasteiger partial charge in [0.15, 0.2) is 0 Å². The Morgan fingerprint density at radius 2 is 1.68 bits per heavy atom. The number of hydrogen-bond donors (Lipinski definition) is 1. The zero-order chi connectivity index (χ0) is 13.7. The van der Waals surface area contributed by atoms with E-state index in [-0.39, 0.29) is 0 Å². The monoisotopic (exact) mass is 381 g/mol. The summed E-state index contributed by atoms with van der Waals surface area (Å²) in [5.74, 6) is 0.474. The first-order chi connectivity index (χ1) is 9.20. The molecule has 0 radical (unpaired) electrons. The van der Waals surface area contributed by atoms with Crippen molar-refractivity contribution in [3.05, 3.63) is 68.6 Å². The average molecular weight is 383 g/mol. The molecule has 0 spiro atoms. The lowest BCUT2D eigenvalue weighted by Crippen LogP contribution is -2.19. The molecule has 100 valence electrons. The minimum Gasteiger partial charge on any atom is -0.319 e. The number of rotatable bonds is 5. The van der Waals surface area contributed by atoms with Crippen molar-refractivity contribution in [2.45, 2.75) is 12.3 Å². The fourth-order valence-corrected chi connectivity index (χ4v) is 3.12. The van der Waals surface area contributed by atoms with Crippen molar-refractivity contribution < 1.29 is 0 Å². The SMILES string of the molecule is CNCC(Cc1ccc(Br)cc1)c1ccccc1Br. The molecular formula is C16H17Br2N. The van der Waals surface area contributed by atoms with E-state index in [0.29, 0.717) is 5.92 Å². The van der Waals surface area contributed by atoms with Crippen molar-refractivity contribution in [1.82, 2.24) is 5.32 Å². The third kappa shape index (κ3) is 4.16. The van der Waals surface area contributed by atoms with Gasteiger partial charge in [-0.3, -0.25) is 0 Å². The Hall–Kier alpha value is -0.640. The highest BCUT2D eigenvalue weighted by Crippen LogP contribution is 2.27. The molecule has 0 bridgehead atoms. The van der Waals surface area contributed by atoms with Gasteiger partial charge in [-0.2, -0.15) is 0 Å². The summed E-state index contributed by atoms with van der Waals surface area (Å²) in [6.07, 6.45) is 1.04. The van der Waals surface area contributed by atoms with Crippen LogP contribution in [0.1, 0.15) is 17.0 Å². The highest BCUT2D eigenvalue weighted by molar-refractivity contribution is 9.10. The first-order valence-electron chi connectivity index (χ1n) is 6.34. The van der Waals surface area contributed by atoms with Gasteiger partial charge in [-0.25, -0.2) is 0 Å². The van der Waals surface area contributed by atoms with Crippen molar-refractivity contribution in [2.75, 3.05) is 13.6 Å². The summed E-state index contributed by atoms with van der Waals surface area (Å²) in [7, 11) is 2.01. The van der Waals surface area contributed by atoms with Gasteiger partial charge in [0.2, 0.25) is 0 Å². The van der Waals surface area contributed by atoms with Crippen molar-refractivity contribution >= 4 is 31.9 Å². The molecule has 0 saturated carbocycles. The van der Waals surface area contributed by atoms with Crippen LogP contribution in [-0.4, -0.2) is 13.6 Å². The Morgan fingerprint density at radius 1 is 1.00 bits per heavy atom. The predicted molar refractivity (Wildman–Crippen MR) is 88.7 cm³/mol. The van der Waals surface area contributed by atoms with E-state index < -0.39 is 0 Å². The molecule has 1 unspecified atom stereocenters. The van der Waals surface area contributed by atoms with E-state index in [1.54, 1.807) is 0 Å². The van der Waals surface area contributed by atoms with Crippen LogP contribution in [0.4, 0.5) is 0 Å². The van der Waals surface area contributed by atoms with Gasteiger partial charge in [0, 0.05) is 21.4 Å². The number of benzene rings is 2. The van der Waals surface area contributed by atoms with Crippen molar-refractivity contribution in [1.29, 1.82) is 0 Å². The molecule has 0 aliphatic heterocycles. The highest BCUT2D eigenvalue weighted by atomic mass is 79.9. The molecule has 0 aromatic heterocycles. The standard InChI is InChI=1S/C16H17Br2N/c1-19-11-13(15-4-2-3-5-16(15)18)10-12-6-8-14(17)9-7-12/h2-9,13,19H,10-11H2,1H3. The van der Waals surface area contributed by atoms with E-state index in [2.05, 4.69) is 85.7 Å². The molecule has 2 aromatic rings. The molecule has 0 saturated heterocycles. The van der Waals surface area contributed by atoms with E-state index in [1.807, 2.05) is 7.05 Å². The summed E-state index contributed by atoms with van der Waals surface area (Å²) >= 11 is 7.14. The van der Waals surface area contributed by atoms with E-state index in [4.69, 9.17) is 0 Å². The molecule has 19 heavy (non-hydrogen) atoms.